The number of hydrogen-bond acceptors (Lipinski definition) is 2. The van der Waals surface area contributed by atoms with Crippen molar-refractivity contribution in [2.45, 2.75) is 19.3 Å². The summed E-state index contributed by atoms with van der Waals surface area (Å²) in [4.78, 5) is 14.8. The molecule has 212 valence electrons. The Morgan fingerprint density at radius 2 is 1.29 bits per heavy atom. The first-order valence-electron chi connectivity index (χ1n) is 15.5. The van der Waals surface area contributed by atoms with Crippen LogP contribution < -0.4 is 0 Å². The first-order chi connectivity index (χ1) is 22.1. The van der Waals surface area contributed by atoms with Gasteiger partial charge in [-0.3, -0.25) is 4.57 Å². The Labute approximate surface area is 259 Å². The summed E-state index contributed by atoms with van der Waals surface area (Å²) in [6, 6.07) is 45.5. The number of aromatic amines is 1. The van der Waals surface area contributed by atoms with E-state index in [0.717, 1.165) is 44.2 Å². The van der Waals surface area contributed by atoms with E-state index in [4.69, 9.17) is 9.97 Å². The van der Waals surface area contributed by atoms with E-state index in [2.05, 4.69) is 151 Å². The second-order valence-corrected chi connectivity index (χ2v) is 12.7. The van der Waals surface area contributed by atoms with Gasteiger partial charge in [0.05, 0.1) is 27.8 Å². The molecule has 3 aromatic heterocycles. The van der Waals surface area contributed by atoms with Crippen LogP contribution in [0, 0.1) is 0 Å². The van der Waals surface area contributed by atoms with E-state index in [-0.39, 0.29) is 5.41 Å². The number of benzene rings is 6. The smallest absolute Gasteiger partial charge is 0.235 e. The van der Waals surface area contributed by atoms with Crippen molar-refractivity contribution in [3.8, 4) is 28.3 Å². The molecule has 0 spiro atoms. The van der Waals surface area contributed by atoms with E-state index in [1.807, 2.05) is 0 Å². The van der Waals surface area contributed by atoms with Crippen LogP contribution in [0.1, 0.15) is 25.0 Å². The number of hydrogen-bond donors (Lipinski definition) is 1. The van der Waals surface area contributed by atoms with E-state index < -0.39 is 0 Å². The molecule has 45 heavy (non-hydrogen) atoms. The van der Waals surface area contributed by atoms with Gasteiger partial charge >= 0.3 is 0 Å². The van der Waals surface area contributed by atoms with Gasteiger partial charge in [-0.05, 0) is 40.5 Å². The molecule has 0 aliphatic heterocycles. The standard InChI is InChI=1S/C41H28N4/c1-41(2)32-17-9-6-14-25(32)28-20-23-31-36(24-12-4-3-5-13-24)43-40(44-37(31)35(28)41)45-34-19-11-8-16-27(34)30-22-21-29-26-15-7-10-18-33(26)42-38(29)39(30)45/h3-23,42H,1-2H3. The average molecular weight is 577 g/mol. The molecule has 10 rings (SSSR count). The first-order valence-corrected chi connectivity index (χ1v) is 15.5. The SMILES string of the molecule is CC1(C)c2ccccc2-c2ccc3c(-c4ccccc4)nc(-n4c5ccccc5c5ccc6c7ccccc7[nH]c6c54)nc3c21. The van der Waals surface area contributed by atoms with Gasteiger partial charge in [-0.1, -0.05) is 123 Å². The lowest BCUT2D eigenvalue weighted by molar-refractivity contribution is 0.664. The Kier molecular flexibility index (Phi) is 4.76. The second kappa shape index (κ2) is 8.67. The summed E-state index contributed by atoms with van der Waals surface area (Å²) in [5.74, 6) is 0.680. The second-order valence-electron chi connectivity index (χ2n) is 12.7. The van der Waals surface area contributed by atoms with Crippen molar-refractivity contribution in [1.29, 1.82) is 0 Å². The quantitative estimate of drug-likeness (QED) is 0.223. The predicted octanol–water partition coefficient (Wildman–Crippen LogP) is 10.3. The minimum absolute atomic E-state index is 0.212. The van der Waals surface area contributed by atoms with E-state index in [1.165, 1.54) is 43.8 Å². The molecule has 3 heterocycles. The van der Waals surface area contributed by atoms with Crippen molar-refractivity contribution in [1.82, 2.24) is 19.5 Å². The fraction of sp³-hybridized carbons (Fsp3) is 0.0732. The molecule has 4 nitrogen and oxygen atoms in total. The van der Waals surface area contributed by atoms with Crippen molar-refractivity contribution in [2.75, 3.05) is 0 Å². The Hall–Kier alpha value is -5.74. The topological polar surface area (TPSA) is 46.5 Å². The highest BCUT2D eigenvalue weighted by Crippen LogP contribution is 2.51. The van der Waals surface area contributed by atoms with Gasteiger partial charge in [0.25, 0.3) is 0 Å². The highest BCUT2D eigenvalue weighted by Gasteiger charge is 2.38. The minimum atomic E-state index is -0.212. The maximum atomic E-state index is 5.55. The Bertz CT molecular complexity index is 2670. The summed E-state index contributed by atoms with van der Waals surface area (Å²) in [6.45, 7) is 4.66. The van der Waals surface area contributed by atoms with E-state index in [1.54, 1.807) is 0 Å². The molecule has 0 atom stereocenters. The van der Waals surface area contributed by atoms with Crippen LogP contribution in [-0.2, 0) is 5.41 Å². The first kappa shape index (κ1) is 24.7. The summed E-state index contributed by atoms with van der Waals surface area (Å²) < 4.78 is 2.28. The fourth-order valence-electron chi connectivity index (χ4n) is 7.93. The number of nitrogens with zero attached hydrogens (tertiary/aromatic N) is 3. The normalized spacial score (nSPS) is 13.7. The van der Waals surface area contributed by atoms with Crippen molar-refractivity contribution in [3.05, 3.63) is 139 Å². The zero-order valence-electron chi connectivity index (χ0n) is 25.0. The molecule has 0 radical (unpaired) electrons. The van der Waals surface area contributed by atoms with E-state index >= 15 is 0 Å². The van der Waals surface area contributed by atoms with E-state index in [9.17, 15) is 0 Å². The van der Waals surface area contributed by atoms with E-state index in [0.29, 0.717) is 5.95 Å². The van der Waals surface area contributed by atoms with Crippen LogP contribution >= 0.6 is 0 Å². The molecule has 6 aromatic carbocycles. The Morgan fingerprint density at radius 1 is 0.578 bits per heavy atom. The monoisotopic (exact) mass is 576 g/mol. The van der Waals surface area contributed by atoms with Gasteiger partial charge in [0.2, 0.25) is 5.95 Å². The molecular weight excluding hydrogens is 548 g/mol. The van der Waals surface area contributed by atoms with Crippen molar-refractivity contribution in [3.63, 3.8) is 0 Å². The molecule has 1 aliphatic carbocycles. The number of aromatic nitrogens is 4. The predicted molar refractivity (Wildman–Crippen MR) is 186 cm³/mol. The van der Waals surface area contributed by atoms with Crippen LogP contribution in [-0.4, -0.2) is 19.5 Å². The number of fused-ring (bicyclic) bond motifs is 12. The zero-order valence-corrected chi connectivity index (χ0v) is 25.0. The lowest BCUT2D eigenvalue weighted by atomic mass is 9.81. The van der Waals surface area contributed by atoms with Crippen LogP contribution in [0.15, 0.2) is 127 Å². The Balaban J connectivity index is 1.40. The van der Waals surface area contributed by atoms with Gasteiger partial charge in [0, 0.05) is 43.4 Å². The maximum absolute atomic E-state index is 5.55. The summed E-state index contributed by atoms with van der Waals surface area (Å²) in [7, 11) is 0. The number of H-pyrrole nitrogens is 1. The molecular formula is C41H28N4. The maximum Gasteiger partial charge on any atom is 0.235 e. The van der Waals surface area contributed by atoms with Crippen LogP contribution in [0.4, 0.5) is 0 Å². The molecule has 0 bridgehead atoms. The van der Waals surface area contributed by atoms with Crippen molar-refractivity contribution < 1.29 is 0 Å². The lowest BCUT2D eigenvalue weighted by Gasteiger charge is -2.23. The molecule has 0 saturated carbocycles. The Morgan fingerprint density at radius 3 is 2.18 bits per heavy atom. The number of para-hydroxylation sites is 2. The van der Waals surface area contributed by atoms with Gasteiger partial charge in [-0.25, -0.2) is 9.97 Å². The van der Waals surface area contributed by atoms with Crippen LogP contribution in [0.3, 0.4) is 0 Å². The molecule has 9 aromatic rings. The van der Waals surface area contributed by atoms with Gasteiger partial charge in [0.1, 0.15) is 0 Å². The summed E-state index contributed by atoms with van der Waals surface area (Å²) in [5.41, 5.74) is 12.4. The summed E-state index contributed by atoms with van der Waals surface area (Å²) in [5, 5.41) is 5.85. The molecule has 0 amide bonds. The highest BCUT2D eigenvalue weighted by molar-refractivity contribution is 6.22. The molecule has 1 aliphatic rings. The molecule has 1 N–H and O–H groups in total. The summed E-state index contributed by atoms with van der Waals surface area (Å²) >= 11 is 0. The van der Waals surface area contributed by atoms with Gasteiger partial charge in [0.15, 0.2) is 0 Å². The zero-order chi connectivity index (χ0) is 29.9. The van der Waals surface area contributed by atoms with Crippen molar-refractivity contribution in [2.24, 2.45) is 0 Å². The van der Waals surface area contributed by atoms with Gasteiger partial charge in [-0.15, -0.1) is 0 Å². The number of rotatable bonds is 2. The summed E-state index contributed by atoms with van der Waals surface area (Å²) in [6.07, 6.45) is 0. The average Bonchev–Trinajstić information content (AvgIpc) is 3.71. The minimum Gasteiger partial charge on any atom is -0.353 e. The largest absolute Gasteiger partial charge is 0.353 e. The number of nitrogens with one attached hydrogen (secondary N) is 1. The van der Waals surface area contributed by atoms with Gasteiger partial charge in [-0.2, -0.15) is 0 Å². The van der Waals surface area contributed by atoms with Crippen molar-refractivity contribution >= 4 is 54.5 Å². The third-order valence-corrected chi connectivity index (χ3v) is 9.93. The van der Waals surface area contributed by atoms with Crippen LogP contribution in [0.25, 0.3) is 82.8 Å². The van der Waals surface area contributed by atoms with Crippen LogP contribution in [0.5, 0.6) is 0 Å². The molecule has 0 saturated heterocycles. The highest BCUT2D eigenvalue weighted by atomic mass is 15.2. The van der Waals surface area contributed by atoms with Gasteiger partial charge < -0.3 is 4.98 Å². The third kappa shape index (κ3) is 3.21. The molecule has 0 unspecified atom stereocenters. The van der Waals surface area contributed by atoms with Crippen LogP contribution in [0.2, 0.25) is 0 Å². The molecule has 4 heteroatoms. The fourth-order valence-corrected chi connectivity index (χ4v) is 7.93. The third-order valence-electron chi connectivity index (χ3n) is 9.93. The lowest BCUT2D eigenvalue weighted by Crippen LogP contribution is -2.16. The molecule has 0 fully saturated rings.